The fourth-order valence-electron chi connectivity index (χ4n) is 3.04. The molecule has 0 saturated heterocycles. The van der Waals surface area contributed by atoms with Crippen LogP contribution in [0.2, 0.25) is 0 Å². The van der Waals surface area contributed by atoms with Crippen molar-refractivity contribution in [1.82, 2.24) is 48.2 Å². The molecule has 5 rings (SSSR count). The van der Waals surface area contributed by atoms with E-state index in [1.807, 2.05) is 0 Å². The Labute approximate surface area is 211 Å². The molecule has 0 aliphatic heterocycles. The molecule has 182 valence electrons. The summed E-state index contributed by atoms with van der Waals surface area (Å²) in [6.07, 6.45) is 2.99. The molecular formula is C18H18N16S2. The highest BCUT2D eigenvalue weighted by atomic mass is 32.1. The van der Waals surface area contributed by atoms with Gasteiger partial charge in [0.15, 0.2) is 34.6 Å². The lowest BCUT2D eigenvalue weighted by atomic mass is 10.4. The Morgan fingerprint density at radius 1 is 0.667 bits per heavy atom. The van der Waals surface area contributed by atoms with E-state index in [0.717, 1.165) is 23.1 Å². The van der Waals surface area contributed by atoms with Gasteiger partial charge in [0, 0.05) is 23.1 Å². The third-order valence-electron chi connectivity index (χ3n) is 4.69. The van der Waals surface area contributed by atoms with E-state index in [9.17, 15) is 0 Å². The summed E-state index contributed by atoms with van der Waals surface area (Å²) >= 11 is 2.28. The molecule has 18 heteroatoms. The van der Waals surface area contributed by atoms with E-state index < -0.39 is 0 Å². The summed E-state index contributed by atoms with van der Waals surface area (Å²) in [4.78, 5) is 17.1. The van der Waals surface area contributed by atoms with Crippen LogP contribution in [0.1, 0.15) is 23.0 Å². The summed E-state index contributed by atoms with van der Waals surface area (Å²) in [5.74, 6) is 2.51. The Bertz CT molecular complexity index is 1480. The molecule has 0 aliphatic carbocycles. The van der Waals surface area contributed by atoms with Gasteiger partial charge in [-0.05, 0) is 27.7 Å². The average molecular weight is 523 g/mol. The van der Waals surface area contributed by atoms with E-state index >= 15 is 0 Å². The summed E-state index contributed by atoms with van der Waals surface area (Å²) in [6.45, 7) is 7.08. The zero-order valence-corrected chi connectivity index (χ0v) is 21.0. The minimum atomic E-state index is 0.253. The van der Waals surface area contributed by atoms with Gasteiger partial charge in [0.25, 0.3) is 0 Å². The Morgan fingerprint density at radius 3 is 1.42 bits per heavy atom. The first-order valence-corrected chi connectivity index (χ1v) is 11.8. The van der Waals surface area contributed by atoms with Crippen LogP contribution in [-0.4, -0.2) is 48.2 Å². The van der Waals surface area contributed by atoms with Crippen LogP contribution in [0.15, 0.2) is 32.9 Å². The van der Waals surface area contributed by atoms with Crippen molar-refractivity contribution in [2.24, 2.45) is 20.5 Å². The highest BCUT2D eigenvalue weighted by Gasteiger charge is 2.18. The predicted molar refractivity (Wildman–Crippen MR) is 132 cm³/mol. The van der Waals surface area contributed by atoms with Gasteiger partial charge in [0.05, 0.1) is 23.8 Å². The summed E-state index contributed by atoms with van der Waals surface area (Å²) in [5.41, 5.74) is 14.5. The first-order chi connectivity index (χ1) is 17.3. The molecule has 0 bridgehead atoms. The average Bonchev–Trinajstić information content (AvgIpc) is 3.60. The van der Waals surface area contributed by atoms with Gasteiger partial charge < -0.3 is 11.5 Å². The van der Waals surface area contributed by atoms with Crippen LogP contribution in [0.3, 0.4) is 0 Å². The number of aryl methyl sites for hydroxylation is 4. The van der Waals surface area contributed by atoms with Gasteiger partial charge in [-0.1, -0.05) is 0 Å². The van der Waals surface area contributed by atoms with E-state index in [2.05, 4.69) is 59.3 Å². The number of nitrogens with two attached hydrogens (primary N) is 2. The number of nitrogens with zero attached hydrogens (tertiary/aromatic N) is 14. The van der Waals surface area contributed by atoms with Crippen molar-refractivity contribution in [2.45, 2.75) is 27.7 Å². The lowest BCUT2D eigenvalue weighted by Gasteiger charge is -2.05. The second-order valence-corrected chi connectivity index (χ2v) is 8.80. The number of azo groups is 2. The number of nitrogen functional groups attached to an aromatic ring is 2. The smallest absolute Gasteiger partial charge is 0.249 e. The van der Waals surface area contributed by atoms with Crippen molar-refractivity contribution in [3.8, 4) is 11.6 Å². The molecule has 0 atom stereocenters. The Morgan fingerprint density at radius 2 is 1.08 bits per heavy atom. The third-order valence-corrected chi connectivity index (χ3v) is 6.07. The topological polar surface area (TPSA) is 214 Å². The Kier molecular flexibility index (Phi) is 5.94. The molecule has 0 aliphatic rings. The van der Waals surface area contributed by atoms with Crippen LogP contribution >= 0.6 is 23.1 Å². The van der Waals surface area contributed by atoms with Crippen molar-refractivity contribution in [3.05, 3.63) is 35.4 Å². The molecule has 4 N–H and O–H groups in total. The van der Waals surface area contributed by atoms with Gasteiger partial charge in [-0.2, -0.15) is 28.3 Å². The summed E-state index contributed by atoms with van der Waals surface area (Å²) in [6, 6.07) is 0. The monoisotopic (exact) mass is 522 g/mol. The summed E-state index contributed by atoms with van der Waals surface area (Å²) in [7, 11) is 0. The normalized spacial score (nSPS) is 11.9. The van der Waals surface area contributed by atoms with Gasteiger partial charge in [-0.15, -0.1) is 20.5 Å². The quantitative estimate of drug-likeness (QED) is 0.307. The zero-order valence-electron chi connectivity index (χ0n) is 19.4. The SMILES string of the molecule is Cc1nsc(N=Nc2c(C)nn(-c3cnc(-n4nc(C)c(N=Nc5nc(C)ns5)c4N)cn3)c2N)n1. The molecule has 5 aromatic heterocycles. The second-order valence-electron chi connectivity index (χ2n) is 7.34. The van der Waals surface area contributed by atoms with E-state index in [1.165, 1.54) is 21.8 Å². The number of hydrogen-bond donors (Lipinski definition) is 2. The first-order valence-electron chi connectivity index (χ1n) is 10.3. The van der Waals surface area contributed by atoms with E-state index in [0.29, 0.717) is 56.3 Å². The molecule has 16 nitrogen and oxygen atoms in total. The number of rotatable bonds is 6. The van der Waals surface area contributed by atoms with Crippen molar-refractivity contribution in [2.75, 3.05) is 11.5 Å². The lowest BCUT2D eigenvalue weighted by molar-refractivity contribution is 0.801. The maximum Gasteiger partial charge on any atom is 0.249 e. The number of aromatic nitrogens is 10. The van der Waals surface area contributed by atoms with Gasteiger partial charge in [-0.25, -0.2) is 19.9 Å². The molecule has 0 unspecified atom stereocenters. The van der Waals surface area contributed by atoms with Crippen LogP contribution in [0, 0.1) is 27.7 Å². The maximum absolute atomic E-state index is 6.26. The van der Waals surface area contributed by atoms with E-state index in [-0.39, 0.29) is 11.6 Å². The molecule has 5 heterocycles. The molecule has 0 saturated carbocycles. The molecule has 0 aromatic carbocycles. The predicted octanol–water partition coefficient (Wildman–Crippen LogP) is 3.78. The maximum atomic E-state index is 6.26. The minimum Gasteiger partial charge on any atom is -0.382 e. The van der Waals surface area contributed by atoms with Crippen molar-refractivity contribution in [3.63, 3.8) is 0 Å². The molecule has 0 radical (unpaired) electrons. The molecule has 5 aromatic rings. The third kappa shape index (κ3) is 4.41. The standard InChI is InChI=1S/C18H18N16S2/c1-7-13(25-27-17-23-9(3)31-35-17)15(19)33(29-7)11-5-22-12(6-21-11)34-16(20)14(8(2)30-34)26-28-18-24-10(4)32-36-18/h5-6H,19-20H2,1-4H3. The van der Waals surface area contributed by atoms with Gasteiger partial charge in [0.2, 0.25) is 10.3 Å². The van der Waals surface area contributed by atoms with E-state index in [4.69, 9.17) is 11.5 Å². The van der Waals surface area contributed by atoms with Crippen molar-refractivity contribution >= 4 is 56.3 Å². The van der Waals surface area contributed by atoms with Crippen LogP contribution in [0.25, 0.3) is 11.6 Å². The molecule has 36 heavy (non-hydrogen) atoms. The largest absolute Gasteiger partial charge is 0.382 e. The Hall–Kier alpha value is -4.58. The fourth-order valence-corrected chi connectivity index (χ4v) is 4.05. The zero-order chi connectivity index (χ0) is 25.4. The molecular weight excluding hydrogens is 504 g/mol. The van der Waals surface area contributed by atoms with Gasteiger partial charge in [0.1, 0.15) is 11.6 Å². The summed E-state index contributed by atoms with van der Waals surface area (Å²) < 4.78 is 11.0. The first kappa shape index (κ1) is 23.2. The van der Waals surface area contributed by atoms with Crippen LogP contribution in [0.4, 0.5) is 33.3 Å². The number of anilines is 2. The second kappa shape index (κ2) is 9.23. The molecule has 0 amide bonds. The van der Waals surface area contributed by atoms with Crippen molar-refractivity contribution < 1.29 is 0 Å². The lowest BCUT2D eigenvalue weighted by Crippen LogP contribution is -2.08. The van der Waals surface area contributed by atoms with E-state index in [1.54, 1.807) is 27.7 Å². The molecule has 0 fully saturated rings. The van der Waals surface area contributed by atoms with Crippen LogP contribution in [0.5, 0.6) is 0 Å². The van der Waals surface area contributed by atoms with Gasteiger partial charge >= 0.3 is 0 Å². The fraction of sp³-hybridized carbons (Fsp3) is 0.222. The molecule has 0 spiro atoms. The summed E-state index contributed by atoms with van der Waals surface area (Å²) in [5, 5.41) is 26.2. The Balaban J connectivity index is 1.40. The van der Waals surface area contributed by atoms with Gasteiger partial charge in [-0.3, -0.25) is 0 Å². The highest BCUT2D eigenvalue weighted by molar-refractivity contribution is 7.09. The van der Waals surface area contributed by atoms with Crippen LogP contribution < -0.4 is 11.5 Å². The minimum absolute atomic E-state index is 0.253. The number of hydrogen-bond acceptors (Lipinski definition) is 16. The highest BCUT2D eigenvalue weighted by Crippen LogP contribution is 2.32. The van der Waals surface area contributed by atoms with Crippen LogP contribution in [-0.2, 0) is 0 Å². The van der Waals surface area contributed by atoms with Crippen molar-refractivity contribution in [1.29, 1.82) is 0 Å².